The lowest BCUT2D eigenvalue weighted by atomic mass is 9.98. The van der Waals surface area contributed by atoms with Gasteiger partial charge in [0, 0.05) is 29.5 Å². The van der Waals surface area contributed by atoms with Crippen molar-refractivity contribution in [1.29, 1.82) is 0 Å². The second-order valence-electron chi connectivity index (χ2n) is 7.41. The number of anilines is 2. The van der Waals surface area contributed by atoms with Crippen LogP contribution in [0, 0.1) is 11.7 Å². The van der Waals surface area contributed by atoms with Crippen molar-refractivity contribution in [2.24, 2.45) is 11.7 Å². The molecule has 0 aromatic heterocycles. The smallest absolute Gasteiger partial charge is 0.123 e. The molecule has 0 spiro atoms. The first-order valence-electron chi connectivity index (χ1n) is 11.2. The molecule has 0 fully saturated rings. The second kappa shape index (κ2) is 12.7. The molecule has 0 aliphatic carbocycles. The quantitative estimate of drug-likeness (QED) is 0.401. The standard InChI is InChI=1S/C26H29FN2.C2H6/c1-3-20(2)18-25(19-26(28)21-14-16-22(27)17-15-21)29(23-10-6-4-7-11-23)24-12-8-5-9-13-24;1-2/h4-18,20,26H,3,19,28H2,1-2H3;1-2H3/b25-18+;. The number of halogens is 1. The number of para-hydroxylation sites is 2. The van der Waals surface area contributed by atoms with Crippen molar-refractivity contribution in [3.05, 3.63) is 108 Å². The van der Waals surface area contributed by atoms with Crippen LogP contribution in [0.3, 0.4) is 0 Å². The van der Waals surface area contributed by atoms with E-state index in [1.807, 2.05) is 50.2 Å². The van der Waals surface area contributed by atoms with Crippen molar-refractivity contribution in [1.82, 2.24) is 0 Å². The molecule has 164 valence electrons. The summed E-state index contributed by atoms with van der Waals surface area (Å²) in [4.78, 5) is 2.27. The van der Waals surface area contributed by atoms with Gasteiger partial charge < -0.3 is 10.6 Å². The average molecular weight is 419 g/mol. The van der Waals surface area contributed by atoms with Gasteiger partial charge in [0.25, 0.3) is 0 Å². The molecule has 3 rings (SSSR count). The SMILES string of the molecule is CC.CCC(C)/C=C(\CC(N)c1ccc(F)cc1)N(c1ccccc1)c1ccccc1. The molecule has 3 aromatic carbocycles. The highest BCUT2D eigenvalue weighted by atomic mass is 19.1. The van der Waals surface area contributed by atoms with Gasteiger partial charge in [-0.1, -0.05) is 88.7 Å². The summed E-state index contributed by atoms with van der Waals surface area (Å²) >= 11 is 0. The average Bonchev–Trinajstić information content (AvgIpc) is 2.82. The zero-order valence-electron chi connectivity index (χ0n) is 19.1. The summed E-state index contributed by atoms with van der Waals surface area (Å²) < 4.78 is 13.3. The zero-order valence-corrected chi connectivity index (χ0v) is 19.1. The minimum atomic E-state index is -0.244. The molecule has 0 bridgehead atoms. The van der Waals surface area contributed by atoms with Gasteiger partial charge in [0.2, 0.25) is 0 Å². The molecule has 0 amide bonds. The van der Waals surface area contributed by atoms with Gasteiger partial charge in [0.1, 0.15) is 5.82 Å². The van der Waals surface area contributed by atoms with Gasteiger partial charge in [-0.25, -0.2) is 4.39 Å². The third kappa shape index (κ3) is 7.08. The maximum absolute atomic E-state index is 13.3. The van der Waals surface area contributed by atoms with Gasteiger partial charge in [-0.15, -0.1) is 0 Å². The molecule has 0 aliphatic rings. The van der Waals surface area contributed by atoms with E-state index in [9.17, 15) is 4.39 Å². The number of rotatable bonds is 8. The van der Waals surface area contributed by atoms with Crippen LogP contribution in [0.25, 0.3) is 0 Å². The molecule has 2 N–H and O–H groups in total. The summed E-state index contributed by atoms with van der Waals surface area (Å²) in [7, 11) is 0. The van der Waals surface area contributed by atoms with E-state index in [2.05, 4.69) is 49.1 Å². The monoisotopic (exact) mass is 418 g/mol. The number of nitrogens with two attached hydrogens (primary N) is 1. The van der Waals surface area contributed by atoms with E-state index < -0.39 is 0 Å². The first kappa shape index (κ1) is 24.4. The van der Waals surface area contributed by atoms with Crippen molar-refractivity contribution in [2.45, 2.75) is 46.6 Å². The van der Waals surface area contributed by atoms with Crippen LogP contribution in [-0.4, -0.2) is 0 Å². The van der Waals surface area contributed by atoms with Crippen LogP contribution in [0.2, 0.25) is 0 Å². The lowest BCUT2D eigenvalue weighted by molar-refractivity contribution is 0.623. The van der Waals surface area contributed by atoms with Gasteiger partial charge in [-0.2, -0.15) is 0 Å². The summed E-state index contributed by atoms with van der Waals surface area (Å²) in [6.07, 6.45) is 4.01. The Morgan fingerprint density at radius 2 is 1.35 bits per heavy atom. The van der Waals surface area contributed by atoms with Gasteiger partial charge in [-0.05, 0) is 47.9 Å². The van der Waals surface area contributed by atoms with Crippen LogP contribution in [0.15, 0.2) is 96.7 Å². The normalized spacial score (nSPS) is 13.0. The van der Waals surface area contributed by atoms with Crippen LogP contribution < -0.4 is 10.6 Å². The van der Waals surface area contributed by atoms with E-state index in [0.29, 0.717) is 12.3 Å². The number of allylic oxidation sites excluding steroid dienone is 1. The summed E-state index contributed by atoms with van der Waals surface area (Å²) in [5, 5.41) is 0. The van der Waals surface area contributed by atoms with Gasteiger partial charge in [0.05, 0.1) is 0 Å². The molecule has 3 aromatic rings. The Morgan fingerprint density at radius 3 is 1.81 bits per heavy atom. The van der Waals surface area contributed by atoms with Crippen LogP contribution in [0.5, 0.6) is 0 Å². The van der Waals surface area contributed by atoms with Crippen molar-refractivity contribution < 1.29 is 4.39 Å². The van der Waals surface area contributed by atoms with Gasteiger partial charge in [-0.3, -0.25) is 0 Å². The van der Waals surface area contributed by atoms with Crippen LogP contribution in [0.1, 0.15) is 52.1 Å². The highest BCUT2D eigenvalue weighted by Gasteiger charge is 2.19. The van der Waals surface area contributed by atoms with Crippen LogP contribution in [-0.2, 0) is 0 Å². The molecule has 0 saturated carbocycles. The van der Waals surface area contributed by atoms with Crippen molar-refractivity contribution in [3.8, 4) is 0 Å². The molecule has 2 nitrogen and oxygen atoms in total. The summed E-state index contributed by atoms with van der Waals surface area (Å²) in [5.41, 5.74) is 10.8. The maximum Gasteiger partial charge on any atom is 0.123 e. The van der Waals surface area contributed by atoms with E-state index >= 15 is 0 Å². The Labute approximate surface area is 187 Å². The summed E-state index contributed by atoms with van der Waals surface area (Å²) in [6.45, 7) is 8.41. The van der Waals surface area contributed by atoms with E-state index in [1.54, 1.807) is 12.1 Å². The molecular formula is C28H35FN2. The Kier molecular flexibility index (Phi) is 9.99. The lowest BCUT2D eigenvalue weighted by Gasteiger charge is -2.30. The van der Waals surface area contributed by atoms with Crippen LogP contribution in [0.4, 0.5) is 15.8 Å². The molecule has 2 unspecified atom stereocenters. The molecule has 0 aliphatic heterocycles. The van der Waals surface area contributed by atoms with Gasteiger partial charge >= 0.3 is 0 Å². The minimum absolute atomic E-state index is 0.221. The van der Waals surface area contributed by atoms with Gasteiger partial charge in [0.15, 0.2) is 0 Å². The fourth-order valence-corrected chi connectivity index (χ4v) is 3.37. The highest BCUT2D eigenvalue weighted by molar-refractivity contribution is 5.68. The fraction of sp³-hybridized carbons (Fsp3) is 0.286. The molecule has 0 saturated heterocycles. The summed E-state index contributed by atoms with van der Waals surface area (Å²) in [6, 6.07) is 27.0. The van der Waals surface area contributed by atoms with E-state index in [-0.39, 0.29) is 11.9 Å². The Bertz CT molecular complexity index is 865. The second-order valence-corrected chi connectivity index (χ2v) is 7.41. The van der Waals surface area contributed by atoms with Crippen molar-refractivity contribution in [2.75, 3.05) is 4.90 Å². The third-order valence-electron chi connectivity index (χ3n) is 5.16. The number of nitrogens with zero attached hydrogens (tertiary/aromatic N) is 1. The topological polar surface area (TPSA) is 29.3 Å². The number of hydrogen-bond donors (Lipinski definition) is 1. The van der Waals surface area contributed by atoms with Crippen LogP contribution >= 0.6 is 0 Å². The number of benzene rings is 3. The largest absolute Gasteiger partial charge is 0.324 e. The number of hydrogen-bond acceptors (Lipinski definition) is 2. The Balaban J connectivity index is 0.00000166. The molecule has 0 heterocycles. The first-order valence-corrected chi connectivity index (χ1v) is 11.2. The molecular weight excluding hydrogens is 383 g/mol. The van der Waals surface area contributed by atoms with Crippen molar-refractivity contribution in [3.63, 3.8) is 0 Å². The minimum Gasteiger partial charge on any atom is -0.324 e. The fourth-order valence-electron chi connectivity index (χ4n) is 3.37. The third-order valence-corrected chi connectivity index (χ3v) is 5.16. The highest BCUT2D eigenvalue weighted by Crippen LogP contribution is 2.34. The molecule has 3 heteroatoms. The zero-order chi connectivity index (χ0) is 22.6. The van der Waals surface area contributed by atoms with Crippen molar-refractivity contribution >= 4 is 11.4 Å². The Hall–Kier alpha value is -2.91. The van der Waals surface area contributed by atoms with E-state index in [1.165, 1.54) is 12.1 Å². The predicted octanol–water partition coefficient (Wildman–Crippen LogP) is 8.01. The Morgan fingerprint density at radius 1 is 0.871 bits per heavy atom. The maximum atomic E-state index is 13.3. The lowest BCUT2D eigenvalue weighted by Crippen LogP contribution is -2.22. The predicted molar refractivity (Wildman–Crippen MR) is 132 cm³/mol. The molecule has 2 atom stereocenters. The van der Waals surface area contributed by atoms with E-state index in [0.717, 1.165) is 29.1 Å². The molecule has 31 heavy (non-hydrogen) atoms. The molecule has 0 radical (unpaired) electrons. The van der Waals surface area contributed by atoms with E-state index in [4.69, 9.17) is 5.73 Å². The summed E-state index contributed by atoms with van der Waals surface area (Å²) in [5.74, 6) is 0.173. The first-order chi connectivity index (χ1) is 15.1.